The number of rotatable bonds is 4. The average Bonchev–Trinajstić information content (AvgIpc) is 3.30. The maximum absolute atomic E-state index is 5.84. The highest BCUT2D eigenvalue weighted by molar-refractivity contribution is 5.81. The summed E-state index contributed by atoms with van der Waals surface area (Å²) in [5.41, 5.74) is 5.98. The highest BCUT2D eigenvalue weighted by Crippen LogP contribution is 2.28. The fourth-order valence-corrected chi connectivity index (χ4v) is 3.55. The van der Waals surface area contributed by atoms with Gasteiger partial charge in [-0.05, 0) is 67.4 Å². The SMILES string of the molecule is CC(C)Oc1cccc(-c2ccc3nnc(-c4ccc5c(c4)ncn5C)n3c2)c1. The zero-order chi connectivity index (χ0) is 20.0. The van der Waals surface area contributed by atoms with Crippen molar-refractivity contribution < 1.29 is 4.74 Å². The molecule has 0 unspecified atom stereocenters. The van der Waals surface area contributed by atoms with E-state index in [0.717, 1.165) is 44.9 Å². The van der Waals surface area contributed by atoms with Crippen LogP contribution in [0.15, 0.2) is 67.1 Å². The summed E-state index contributed by atoms with van der Waals surface area (Å²) in [6.45, 7) is 4.06. The number of hydrogen-bond donors (Lipinski definition) is 0. The van der Waals surface area contributed by atoms with E-state index in [-0.39, 0.29) is 6.10 Å². The van der Waals surface area contributed by atoms with Gasteiger partial charge in [0.2, 0.25) is 0 Å². The second-order valence-electron chi connectivity index (χ2n) is 7.42. The lowest BCUT2D eigenvalue weighted by Crippen LogP contribution is -2.05. The zero-order valence-corrected chi connectivity index (χ0v) is 16.6. The Morgan fingerprint density at radius 2 is 1.76 bits per heavy atom. The maximum atomic E-state index is 5.84. The second kappa shape index (κ2) is 6.74. The van der Waals surface area contributed by atoms with Crippen LogP contribution in [-0.4, -0.2) is 30.3 Å². The summed E-state index contributed by atoms with van der Waals surface area (Å²) in [5, 5.41) is 8.76. The molecule has 0 aliphatic carbocycles. The molecule has 0 N–H and O–H groups in total. The highest BCUT2D eigenvalue weighted by Gasteiger charge is 2.12. The third kappa shape index (κ3) is 3.12. The molecule has 0 saturated heterocycles. The van der Waals surface area contributed by atoms with E-state index in [1.807, 2.05) is 54.4 Å². The molecule has 144 valence electrons. The Kier molecular flexibility index (Phi) is 4.05. The normalized spacial score (nSPS) is 11.6. The number of fused-ring (bicyclic) bond motifs is 2. The number of benzene rings is 2. The van der Waals surface area contributed by atoms with Gasteiger partial charge in [0.25, 0.3) is 0 Å². The van der Waals surface area contributed by atoms with E-state index in [9.17, 15) is 0 Å². The van der Waals surface area contributed by atoms with Crippen molar-refractivity contribution in [3.63, 3.8) is 0 Å². The predicted octanol–water partition coefficient (Wildman–Crippen LogP) is 4.74. The molecule has 0 spiro atoms. The van der Waals surface area contributed by atoms with E-state index in [1.54, 1.807) is 0 Å². The molecule has 0 bridgehead atoms. The molecule has 0 aliphatic rings. The Hall–Kier alpha value is -3.67. The molecule has 0 fully saturated rings. The third-order valence-corrected chi connectivity index (χ3v) is 4.93. The highest BCUT2D eigenvalue weighted by atomic mass is 16.5. The molecule has 0 radical (unpaired) electrons. The predicted molar refractivity (Wildman–Crippen MR) is 114 cm³/mol. The molecular weight excluding hydrogens is 362 g/mol. The summed E-state index contributed by atoms with van der Waals surface area (Å²) >= 11 is 0. The number of pyridine rings is 1. The van der Waals surface area contributed by atoms with Crippen molar-refractivity contribution in [2.24, 2.45) is 7.05 Å². The molecule has 2 aromatic carbocycles. The number of ether oxygens (including phenoxy) is 1. The maximum Gasteiger partial charge on any atom is 0.168 e. The standard InChI is InChI=1S/C23H21N5O/c1-15(2)29-19-6-4-5-16(11-19)18-8-10-22-25-26-23(28(22)13-18)17-7-9-21-20(12-17)24-14-27(21)3/h4-15H,1-3H3. The smallest absolute Gasteiger partial charge is 0.168 e. The number of aromatic nitrogens is 5. The first-order valence-corrected chi connectivity index (χ1v) is 9.62. The van der Waals surface area contributed by atoms with Gasteiger partial charge in [0.15, 0.2) is 11.5 Å². The van der Waals surface area contributed by atoms with Crippen LogP contribution >= 0.6 is 0 Å². The summed E-state index contributed by atoms with van der Waals surface area (Å²) in [7, 11) is 1.99. The van der Waals surface area contributed by atoms with Crippen LogP contribution in [0.1, 0.15) is 13.8 Å². The minimum absolute atomic E-state index is 0.138. The zero-order valence-electron chi connectivity index (χ0n) is 16.6. The first-order chi connectivity index (χ1) is 14.1. The molecule has 0 amide bonds. The van der Waals surface area contributed by atoms with Crippen LogP contribution in [0.2, 0.25) is 0 Å². The summed E-state index contributed by atoms with van der Waals surface area (Å²) in [4.78, 5) is 4.46. The molecular formula is C23H21N5O. The largest absolute Gasteiger partial charge is 0.491 e. The van der Waals surface area contributed by atoms with Crippen LogP contribution in [0.25, 0.3) is 39.2 Å². The van der Waals surface area contributed by atoms with E-state index < -0.39 is 0 Å². The lowest BCUT2D eigenvalue weighted by molar-refractivity contribution is 0.242. The second-order valence-corrected chi connectivity index (χ2v) is 7.42. The Balaban J connectivity index is 1.60. The molecule has 6 nitrogen and oxygen atoms in total. The van der Waals surface area contributed by atoms with Gasteiger partial charge in [-0.2, -0.15) is 0 Å². The van der Waals surface area contributed by atoms with Gasteiger partial charge in [-0.25, -0.2) is 4.98 Å². The number of imidazole rings is 1. The number of nitrogens with zero attached hydrogens (tertiary/aromatic N) is 5. The molecule has 3 heterocycles. The van der Waals surface area contributed by atoms with E-state index in [0.29, 0.717) is 0 Å². The Bertz CT molecular complexity index is 1330. The fourth-order valence-electron chi connectivity index (χ4n) is 3.55. The van der Waals surface area contributed by atoms with E-state index >= 15 is 0 Å². The van der Waals surface area contributed by atoms with Gasteiger partial charge < -0.3 is 9.30 Å². The molecule has 0 atom stereocenters. The Morgan fingerprint density at radius 1 is 0.897 bits per heavy atom. The molecule has 5 aromatic rings. The third-order valence-electron chi connectivity index (χ3n) is 4.93. The van der Waals surface area contributed by atoms with Crippen molar-refractivity contribution in [2.45, 2.75) is 20.0 Å². The van der Waals surface area contributed by atoms with Crippen LogP contribution in [0.5, 0.6) is 5.75 Å². The lowest BCUT2D eigenvalue weighted by atomic mass is 10.1. The lowest BCUT2D eigenvalue weighted by Gasteiger charge is -2.11. The first-order valence-electron chi connectivity index (χ1n) is 9.62. The molecule has 29 heavy (non-hydrogen) atoms. The van der Waals surface area contributed by atoms with Crippen molar-refractivity contribution in [1.82, 2.24) is 24.1 Å². The van der Waals surface area contributed by atoms with Gasteiger partial charge in [0, 0.05) is 18.8 Å². The Labute approximate surface area is 168 Å². The summed E-state index contributed by atoms with van der Waals surface area (Å²) in [6.07, 6.45) is 4.03. The minimum Gasteiger partial charge on any atom is -0.491 e. The van der Waals surface area contributed by atoms with E-state index in [2.05, 4.69) is 57.8 Å². The fraction of sp³-hybridized carbons (Fsp3) is 0.174. The van der Waals surface area contributed by atoms with E-state index in [4.69, 9.17) is 4.74 Å². The quantitative estimate of drug-likeness (QED) is 0.450. The van der Waals surface area contributed by atoms with Gasteiger partial charge in [0.05, 0.1) is 23.5 Å². The summed E-state index contributed by atoms with van der Waals surface area (Å²) < 4.78 is 9.87. The van der Waals surface area contributed by atoms with Gasteiger partial charge in [0.1, 0.15) is 5.75 Å². The first kappa shape index (κ1) is 17.4. The van der Waals surface area contributed by atoms with E-state index in [1.165, 1.54) is 0 Å². The number of aryl methyl sites for hydroxylation is 1. The van der Waals surface area contributed by atoms with Gasteiger partial charge in [-0.3, -0.25) is 4.40 Å². The van der Waals surface area contributed by atoms with Crippen molar-refractivity contribution in [1.29, 1.82) is 0 Å². The summed E-state index contributed by atoms with van der Waals surface area (Å²) in [5.74, 6) is 1.66. The van der Waals surface area contributed by atoms with Crippen LogP contribution in [0.3, 0.4) is 0 Å². The molecule has 0 aliphatic heterocycles. The van der Waals surface area contributed by atoms with Crippen LogP contribution in [0, 0.1) is 0 Å². The van der Waals surface area contributed by atoms with Crippen molar-refractivity contribution in [2.75, 3.05) is 0 Å². The molecule has 0 saturated carbocycles. The number of hydrogen-bond acceptors (Lipinski definition) is 4. The van der Waals surface area contributed by atoms with Crippen LogP contribution in [-0.2, 0) is 7.05 Å². The molecule has 6 heteroatoms. The van der Waals surface area contributed by atoms with Gasteiger partial charge >= 0.3 is 0 Å². The van der Waals surface area contributed by atoms with Gasteiger partial charge in [-0.1, -0.05) is 12.1 Å². The van der Waals surface area contributed by atoms with Crippen LogP contribution < -0.4 is 4.74 Å². The van der Waals surface area contributed by atoms with Gasteiger partial charge in [-0.15, -0.1) is 10.2 Å². The summed E-state index contributed by atoms with van der Waals surface area (Å²) in [6, 6.07) is 18.4. The molecule has 3 aromatic heterocycles. The molecule has 5 rings (SSSR count). The monoisotopic (exact) mass is 383 g/mol. The van der Waals surface area contributed by atoms with Crippen molar-refractivity contribution in [3.05, 3.63) is 67.1 Å². The minimum atomic E-state index is 0.138. The van der Waals surface area contributed by atoms with Crippen LogP contribution in [0.4, 0.5) is 0 Å². The van der Waals surface area contributed by atoms with Crippen molar-refractivity contribution in [3.8, 4) is 28.3 Å². The topological polar surface area (TPSA) is 57.2 Å². The average molecular weight is 383 g/mol. The Morgan fingerprint density at radius 3 is 2.62 bits per heavy atom. The van der Waals surface area contributed by atoms with Crippen molar-refractivity contribution >= 4 is 16.7 Å².